The van der Waals surface area contributed by atoms with Gasteiger partial charge in [0.25, 0.3) is 11.6 Å². The maximum absolute atomic E-state index is 12.0. The van der Waals surface area contributed by atoms with E-state index in [4.69, 9.17) is 0 Å². The molecule has 1 aromatic carbocycles. The highest BCUT2D eigenvalue weighted by Crippen LogP contribution is 2.19. The van der Waals surface area contributed by atoms with Gasteiger partial charge in [-0.15, -0.1) is 0 Å². The minimum atomic E-state index is -0.585. The Labute approximate surface area is 109 Å². The fourth-order valence-electron chi connectivity index (χ4n) is 1.63. The highest BCUT2D eigenvalue weighted by molar-refractivity contribution is 6.06. The molecule has 0 bridgehead atoms. The Kier molecular flexibility index (Phi) is 3.28. The van der Waals surface area contributed by atoms with Crippen LogP contribution in [-0.2, 0) is 7.05 Å². The number of anilines is 1. The van der Waals surface area contributed by atoms with Gasteiger partial charge in [0.15, 0.2) is 5.82 Å². The summed E-state index contributed by atoms with van der Waals surface area (Å²) in [7, 11) is 1.75. The number of para-hydroxylation sites is 1. The molecule has 0 saturated carbocycles. The van der Waals surface area contributed by atoms with E-state index in [2.05, 4.69) is 10.4 Å². The van der Waals surface area contributed by atoms with Crippen molar-refractivity contribution in [1.29, 1.82) is 0 Å². The maximum atomic E-state index is 12.0. The number of hydrogen-bond donors (Lipinski definition) is 1. The van der Waals surface area contributed by atoms with Crippen LogP contribution in [0, 0.1) is 17.0 Å². The van der Waals surface area contributed by atoms with E-state index < -0.39 is 10.8 Å². The number of hydrogen-bond acceptors (Lipinski definition) is 4. The van der Waals surface area contributed by atoms with E-state index in [1.807, 2.05) is 6.92 Å². The lowest BCUT2D eigenvalue weighted by atomic mass is 10.1. The van der Waals surface area contributed by atoms with Crippen LogP contribution in [0.1, 0.15) is 16.1 Å². The fraction of sp³-hybridized carbons (Fsp3) is 0.167. The molecule has 19 heavy (non-hydrogen) atoms. The van der Waals surface area contributed by atoms with Crippen molar-refractivity contribution in [3.8, 4) is 0 Å². The zero-order valence-electron chi connectivity index (χ0n) is 10.5. The molecular weight excluding hydrogens is 248 g/mol. The zero-order valence-corrected chi connectivity index (χ0v) is 10.5. The molecule has 1 N–H and O–H groups in total. The molecule has 0 aliphatic heterocycles. The van der Waals surface area contributed by atoms with Crippen molar-refractivity contribution < 1.29 is 9.72 Å². The van der Waals surface area contributed by atoms with Gasteiger partial charge in [-0.25, -0.2) is 0 Å². The minimum absolute atomic E-state index is 0.0100. The Morgan fingerprint density at radius 3 is 2.68 bits per heavy atom. The van der Waals surface area contributed by atoms with Crippen molar-refractivity contribution in [3.63, 3.8) is 0 Å². The number of aromatic nitrogens is 2. The highest BCUT2D eigenvalue weighted by atomic mass is 16.6. The van der Waals surface area contributed by atoms with Gasteiger partial charge >= 0.3 is 0 Å². The number of nitro benzene ring substituents is 1. The Morgan fingerprint density at radius 1 is 1.42 bits per heavy atom. The topological polar surface area (TPSA) is 90.1 Å². The SMILES string of the molecule is Cc1cc(NC(=O)c2ccccc2[N+](=O)[O-])nn1C. The lowest BCUT2D eigenvalue weighted by molar-refractivity contribution is -0.385. The summed E-state index contributed by atoms with van der Waals surface area (Å²) in [5, 5.41) is 17.4. The molecule has 98 valence electrons. The third-order valence-electron chi connectivity index (χ3n) is 2.70. The molecule has 0 aliphatic rings. The third kappa shape index (κ3) is 2.59. The number of nitrogens with zero attached hydrogens (tertiary/aromatic N) is 3. The van der Waals surface area contributed by atoms with Crippen molar-refractivity contribution >= 4 is 17.4 Å². The summed E-state index contributed by atoms with van der Waals surface area (Å²) >= 11 is 0. The number of carbonyl (C=O) groups excluding carboxylic acids is 1. The van der Waals surface area contributed by atoms with Crippen LogP contribution in [-0.4, -0.2) is 20.6 Å². The van der Waals surface area contributed by atoms with E-state index in [0.29, 0.717) is 5.82 Å². The molecular formula is C12H12N4O3. The number of benzene rings is 1. The van der Waals surface area contributed by atoms with Gasteiger partial charge in [0.1, 0.15) is 5.56 Å². The van der Waals surface area contributed by atoms with Crippen LogP contribution in [0.2, 0.25) is 0 Å². The molecule has 2 rings (SSSR count). The summed E-state index contributed by atoms with van der Waals surface area (Å²) in [5.41, 5.74) is 0.654. The monoisotopic (exact) mass is 260 g/mol. The molecule has 0 atom stereocenters. The predicted octanol–water partition coefficient (Wildman–Crippen LogP) is 1.89. The van der Waals surface area contributed by atoms with E-state index >= 15 is 0 Å². The normalized spacial score (nSPS) is 10.2. The summed E-state index contributed by atoms with van der Waals surface area (Å²) in [6.45, 7) is 1.84. The average molecular weight is 260 g/mol. The van der Waals surface area contributed by atoms with Crippen molar-refractivity contribution in [3.05, 3.63) is 51.7 Å². The largest absolute Gasteiger partial charge is 0.305 e. The Morgan fingerprint density at radius 2 is 2.11 bits per heavy atom. The molecule has 7 heteroatoms. The first-order valence-electron chi connectivity index (χ1n) is 5.54. The first kappa shape index (κ1) is 12.7. The Balaban J connectivity index is 2.28. The molecule has 1 amide bonds. The van der Waals surface area contributed by atoms with Gasteiger partial charge in [0, 0.05) is 24.9 Å². The van der Waals surface area contributed by atoms with Crippen molar-refractivity contribution in [2.75, 3.05) is 5.32 Å². The molecule has 0 fully saturated rings. The summed E-state index contributed by atoms with van der Waals surface area (Å²) < 4.78 is 1.61. The van der Waals surface area contributed by atoms with Crippen LogP contribution in [0.5, 0.6) is 0 Å². The smallest absolute Gasteiger partial charge is 0.282 e. The van der Waals surface area contributed by atoms with Gasteiger partial charge in [0.05, 0.1) is 4.92 Å². The van der Waals surface area contributed by atoms with E-state index in [-0.39, 0.29) is 11.3 Å². The predicted molar refractivity (Wildman–Crippen MR) is 69.0 cm³/mol. The number of nitro groups is 1. The maximum Gasteiger partial charge on any atom is 0.282 e. The van der Waals surface area contributed by atoms with Crippen molar-refractivity contribution in [2.24, 2.45) is 7.05 Å². The lowest BCUT2D eigenvalue weighted by Gasteiger charge is -2.02. The van der Waals surface area contributed by atoms with Crippen LogP contribution >= 0.6 is 0 Å². The zero-order chi connectivity index (χ0) is 14.0. The van der Waals surface area contributed by atoms with Crippen LogP contribution in [0.4, 0.5) is 11.5 Å². The first-order valence-corrected chi connectivity index (χ1v) is 5.54. The first-order chi connectivity index (χ1) is 8.99. The van der Waals surface area contributed by atoms with Gasteiger partial charge in [-0.05, 0) is 13.0 Å². The summed E-state index contributed by atoms with van der Waals surface area (Å²) in [6, 6.07) is 7.47. The molecule has 1 aromatic heterocycles. The van der Waals surface area contributed by atoms with E-state index in [0.717, 1.165) is 5.69 Å². The second kappa shape index (κ2) is 4.89. The number of nitrogens with one attached hydrogen (secondary N) is 1. The van der Waals surface area contributed by atoms with Crippen LogP contribution in [0.15, 0.2) is 30.3 Å². The molecule has 0 saturated heterocycles. The van der Waals surface area contributed by atoms with Crippen molar-refractivity contribution in [1.82, 2.24) is 9.78 Å². The van der Waals surface area contributed by atoms with Gasteiger partial charge < -0.3 is 5.32 Å². The van der Waals surface area contributed by atoms with Crippen LogP contribution in [0.3, 0.4) is 0 Å². The lowest BCUT2D eigenvalue weighted by Crippen LogP contribution is -2.14. The van der Waals surface area contributed by atoms with Gasteiger partial charge in [-0.3, -0.25) is 19.6 Å². The molecule has 0 aliphatic carbocycles. The molecule has 2 aromatic rings. The van der Waals surface area contributed by atoms with E-state index in [1.54, 1.807) is 23.9 Å². The number of carbonyl (C=O) groups is 1. The molecule has 0 spiro atoms. The van der Waals surface area contributed by atoms with Gasteiger partial charge in [-0.1, -0.05) is 12.1 Å². The molecule has 1 heterocycles. The highest BCUT2D eigenvalue weighted by Gasteiger charge is 2.19. The quantitative estimate of drug-likeness (QED) is 0.674. The number of aryl methyl sites for hydroxylation is 2. The fourth-order valence-corrected chi connectivity index (χ4v) is 1.63. The number of rotatable bonds is 3. The Hall–Kier alpha value is -2.70. The second-order valence-corrected chi connectivity index (χ2v) is 4.02. The third-order valence-corrected chi connectivity index (χ3v) is 2.70. The minimum Gasteiger partial charge on any atom is -0.305 e. The summed E-state index contributed by atoms with van der Waals surface area (Å²) in [5.74, 6) is -0.187. The van der Waals surface area contributed by atoms with E-state index in [1.165, 1.54) is 18.2 Å². The van der Waals surface area contributed by atoms with Crippen LogP contribution in [0.25, 0.3) is 0 Å². The summed E-state index contributed by atoms with van der Waals surface area (Å²) in [4.78, 5) is 22.3. The molecule has 7 nitrogen and oxygen atoms in total. The van der Waals surface area contributed by atoms with Gasteiger partial charge in [-0.2, -0.15) is 5.10 Å². The van der Waals surface area contributed by atoms with Gasteiger partial charge in [0.2, 0.25) is 0 Å². The van der Waals surface area contributed by atoms with E-state index in [9.17, 15) is 14.9 Å². The average Bonchev–Trinajstić information content (AvgIpc) is 2.68. The summed E-state index contributed by atoms with van der Waals surface area (Å²) in [6.07, 6.45) is 0. The molecule has 0 unspecified atom stereocenters. The standard InChI is InChI=1S/C12H12N4O3/c1-8-7-11(14-15(8)2)13-12(17)9-5-3-4-6-10(9)16(18)19/h3-7H,1-2H3,(H,13,14,17). The van der Waals surface area contributed by atoms with Crippen LogP contribution < -0.4 is 5.32 Å². The second-order valence-electron chi connectivity index (χ2n) is 4.02. The number of amides is 1. The molecule has 0 radical (unpaired) electrons. The Bertz CT molecular complexity index is 629. The van der Waals surface area contributed by atoms with Crippen molar-refractivity contribution in [2.45, 2.75) is 6.92 Å².